The second-order valence-electron chi connectivity index (χ2n) is 7.24. The summed E-state index contributed by atoms with van der Waals surface area (Å²) in [5.74, 6) is 0.0320. The minimum absolute atomic E-state index is 0.0320. The van der Waals surface area contributed by atoms with Crippen LogP contribution < -0.4 is 5.73 Å². The summed E-state index contributed by atoms with van der Waals surface area (Å²) in [6.45, 7) is 5.68. The van der Waals surface area contributed by atoms with E-state index in [9.17, 15) is 4.79 Å². The lowest BCUT2D eigenvalue weighted by Gasteiger charge is -2.15. The molecule has 126 valence electrons. The first-order chi connectivity index (χ1) is 11.8. The van der Waals surface area contributed by atoms with Gasteiger partial charge in [0.15, 0.2) is 11.4 Å². The molecular weight excluding hydrogens is 314 g/mol. The molecule has 3 heterocycles. The zero-order valence-corrected chi connectivity index (χ0v) is 14.3. The zero-order chi connectivity index (χ0) is 17.8. The van der Waals surface area contributed by atoms with Crippen LogP contribution in [-0.4, -0.2) is 25.7 Å². The van der Waals surface area contributed by atoms with Crippen molar-refractivity contribution in [2.45, 2.75) is 20.8 Å². The molecule has 0 spiro atoms. The van der Waals surface area contributed by atoms with Crippen LogP contribution >= 0.6 is 0 Å². The van der Waals surface area contributed by atoms with Crippen molar-refractivity contribution < 1.29 is 4.79 Å². The summed E-state index contributed by atoms with van der Waals surface area (Å²) in [5, 5.41) is 0.975. The van der Waals surface area contributed by atoms with Gasteiger partial charge in [-0.3, -0.25) is 4.79 Å². The summed E-state index contributed by atoms with van der Waals surface area (Å²) in [6, 6.07) is 5.80. The quantitative estimate of drug-likeness (QED) is 0.382. The van der Waals surface area contributed by atoms with Crippen molar-refractivity contribution in [3.8, 4) is 11.3 Å². The summed E-state index contributed by atoms with van der Waals surface area (Å²) in [4.78, 5) is 28.0. The van der Waals surface area contributed by atoms with Gasteiger partial charge in [0.25, 0.3) is 0 Å². The second kappa shape index (κ2) is 5.17. The predicted octanol–water partition coefficient (Wildman–Crippen LogP) is 3.92. The van der Waals surface area contributed by atoms with Crippen molar-refractivity contribution in [2.24, 2.45) is 5.41 Å². The monoisotopic (exact) mass is 333 g/mol. The molecule has 6 heteroatoms. The molecule has 6 nitrogen and oxygen atoms in total. The Kier molecular flexibility index (Phi) is 3.18. The molecule has 0 aliphatic carbocycles. The number of nitrogens with zero attached hydrogens (tertiary/aromatic N) is 2. The van der Waals surface area contributed by atoms with Crippen LogP contribution in [0.1, 0.15) is 31.1 Å². The molecule has 1 aromatic carbocycles. The number of aromatic nitrogens is 4. The molecule has 25 heavy (non-hydrogen) atoms. The van der Waals surface area contributed by atoms with Gasteiger partial charge in [-0.15, -0.1) is 0 Å². The van der Waals surface area contributed by atoms with Crippen LogP contribution in [0, 0.1) is 5.41 Å². The maximum atomic E-state index is 12.7. The molecule has 0 unspecified atom stereocenters. The number of nitrogens with one attached hydrogen (secondary N) is 2. The highest BCUT2D eigenvalue weighted by molar-refractivity contribution is 6.08. The third kappa shape index (κ3) is 2.46. The lowest BCUT2D eigenvalue weighted by molar-refractivity contribution is 0.0860. The average Bonchev–Trinajstić information content (AvgIpc) is 3.19. The van der Waals surface area contributed by atoms with Crippen molar-refractivity contribution in [1.82, 2.24) is 19.9 Å². The van der Waals surface area contributed by atoms with Gasteiger partial charge in [0.1, 0.15) is 5.52 Å². The highest BCUT2D eigenvalue weighted by Crippen LogP contribution is 2.30. The number of anilines is 1. The summed E-state index contributed by atoms with van der Waals surface area (Å²) in [7, 11) is 0. The van der Waals surface area contributed by atoms with Gasteiger partial charge in [0.2, 0.25) is 0 Å². The topological polar surface area (TPSA) is 100 Å². The Bertz CT molecular complexity index is 1110. The van der Waals surface area contributed by atoms with E-state index in [0.717, 1.165) is 16.5 Å². The fraction of sp³-hybridized carbons (Fsp3) is 0.211. The number of aromatic amines is 2. The van der Waals surface area contributed by atoms with Crippen molar-refractivity contribution in [3.05, 3.63) is 42.4 Å². The van der Waals surface area contributed by atoms with Crippen LogP contribution in [0.2, 0.25) is 0 Å². The third-order valence-corrected chi connectivity index (χ3v) is 4.30. The highest BCUT2D eigenvalue weighted by atomic mass is 16.1. The molecule has 0 atom stereocenters. The Morgan fingerprint density at radius 1 is 1.20 bits per heavy atom. The standard InChI is InChI=1S/C19H19N5O/c1-19(2,3)17(25)12-8-22-18-16(12)24-15(9-23-18)10-6-13(20)11-4-5-21-14(11)7-10/h4-9,21H,20H2,1-3H3,(H,22,23). The molecule has 0 aliphatic heterocycles. The number of hydrogen-bond acceptors (Lipinski definition) is 4. The van der Waals surface area contributed by atoms with E-state index < -0.39 is 5.41 Å². The van der Waals surface area contributed by atoms with Gasteiger partial charge in [-0.05, 0) is 18.2 Å². The fourth-order valence-corrected chi connectivity index (χ4v) is 2.95. The summed E-state index contributed by atoms with van der Waals surface area (Å²) in [5.41, 5.74) is 10.6. The molecule has 4 rings (SSSR count). The van der Waals surface area contributed by atoms with Crippen molar-refractivity contribution in [3.63, 3.8) is 0 Å². The first kappa shape index (κ1) is 15.4. The predicted molar refractivity (Wildman–Crippen MR) is 99.4 cm³/mol. The minimum atomic E-state index is -0.486. The minimum Gasteiger partial charge on any atom is -0.398 e. The SMILES string of the molecule is CC(C)(C)C(=O)c1c[nH]c2ncc(-c3cc(N)c4cc[nH]c4c3)nc12. The number of nitrogens with two attached hydrogens (primary N) is 1. The van der Waals surface area contributed by atoms with Crippen molar-refractivity contribution in [1.29, 1.82) is 0 Å². The van der Waals surface area contributed by atoms with Gasteiger partial charge in [-0.2, -0.15) is 0 Å². The molecule has 0 saturated carbocycles. The first-order valence-corrected chi connectivity index (χ1v) is 8.10. The molecular formula is C19H19N5O. The molecule has 0 aliphatic rings. The summed E-state index contributed by atoms with van der Waals surface area (Å²) >= 11 is 0. The van der Waals surface area contributed by atoms with Crippen LogP contribution in [0.3, 0.4) is 0 Å². The Hall–Kier alpha value is -3.15. The van der Waals surface area contributed by atoms with Crippen molar-refractivity contribution >= 4 is 33.5 Å². The smallest absolute Gasteiger partial charge is 0.171 e. The number of carbonyl (C=O) groups is 1. The maximum absolute atomic E-state index is 12.7. The molecule has 0 fully saturated rings. The van der Waals surface area contributed by atoms with Crippen LogP contribution in [0.5, 0.6) is 0 Å². The number of ketones is 1. The Morgan fingerprint density at radius 3 is 2.76 bits per heavy atom. The molecule has 0 saturated heterocycles. The van der Waals surface area contributed by atoms with Gasteiger partial charge in [0, 0.05) is 40.0 Å². The number of hydrogen-bond donors (Lipinski definition) is 3. The zero-order valence-electron chi connectivity index (χ0n) is 14.3. The van der Waals surface area contributed by atoms with Gasteiger partial charge in [-0.25, -0.2) is 9.97 Å². The molecule has 4 N–H and O–H groups in total. The van der Waals surface area contributed by atoms with Crippen LogP contribution in [0.25, 0.3) is 33.3 Å². The highest BCUT2D eigenvalue weighted by Gasteiger charge is 2.26. The van der Waals surface area contributed by atoms with E-state index in [1.54, 1.807) is 12.4 Å². The van der Waals surface area contributed by atoms with E-state index in [4.69, 9.17) is 5.73 Å². The van der Waals surface area contributed by atoms with E-state index in [1.165, 1.54) is 0 Å². The molecule has 0 bridgehead atoms. The lowest BCUT2D eigenvalue weighted by Crippen LogP contribution is -2.20. The average molecular weight is 333 g/mol. The Labute approximate surface area is 144 Å². The Balaban J connectivity index is 1.89. The van der Waals surface area contributed by atoms with E-state index >= 15 is 0 Å². The third-order valence-electron chi connectivity index (χ3n) is 4.30. The maximum Gasteiger partial charge on any atom is 0.171 e. The molecule has 4 aromatic rings. The number of rotatable bonds is 2. The second-order valence-corrected chi connectivity index (χ2v) is 7.24. The Morgan fingerprint density at radius 2 is 2.00 bits per heavy atom. The normalized spacial score (nSPS) is 12.1. The number of carbonyl (C=O) groups excluding carboxylic acids is 1. The lowest BCUT2D eigenvalue weighted by atomic mass is 9.87. The van der Waals surface area contributed by atoms with Crippen LogP contribution in [0.4, 0.5) is 5.69 Å². The van der Waals surface area contributed by atoms with Gasteiger partial charge in [-0.1, -0.05) is 20.8 Å². The van der Waals surface area contributed by atoms with Crippen LogP contribution in [-0.2, 0) is 0 Å². The van der Waals surface area contributed by atoms with E-state index in [-0.39, 0.29) is 5.78 Å². The van der Waals surface area contributed by atoms with Crippen molar-refractivity contribution in [2.75, 3.05) is 5.73 Å². The summed E-state index contributed by atoms with van der Waals surface area (Å²) in [6.07, 6.45) is 5.23. The largest absolute Gasteiger partial charge is 0.398 e. The van der Waals surface area contributed by atoms with Gasteiger partial charge < -0.3 is 15.7 Å². The first-order valence-electron chi connectivity index (χ1n) is 8.10. The summed E-state index contributed by atoms with van der Waals surface area (Å²) < 4.78 is 0. The number of fused-ring (bicyclic) bond motifs is 2. The molecule has 3 aromatic heterocycles. The number of benzene rings is 1. The number of nitrogen functional groups attached to an aromatic ring is 1. The van der Waals surface area contributed by atoms with Crippen LogP contribution in [0.15, 0.2) is 36.8 Å². The number of H-pyrrole nitrogens is 2. The van der Waals surface area contributed by atoms with Gasteiger partial charge >= 0.3 is 0 Å². The molecule has 0 amide bonds. The van der Waals surface area contributed by atoms with E-state index in [1.807, 2.05) is 45.2 Å². The van der Waals surface area contributed by atoms with E-state index in [2.05, 4.69) is 19.9 Å². The number of Topliss-reactive ketones (excluding diaryl/α,β-unsaturated/α-hetero) is 1. The van der Waals surface area contributed by atoms with E-state index in [0.29, 0.717) is 28.1 Å². The molecule has 0 radical (unpaired) electrons. The fourth-order valence-electron chi connectivity index (χ4n) is 2.95. The van der Waals surface area contributed by atoms with Gasteiger partial charge in [0.05, 0.1) is 17.5 Å².